The first-order chi connectivity index (χ1) is 8.29. The summed E-state index contributed by atoms with van der Waals surface area (Å²) in [6.07, 6.45) is 7.02. The van der Waals surface area contributed by atoms with Gasteiger partial charge in [0.05, 0.1) is 0 Å². The second-order valence-electron chi connectivity index (χ2n) is 6.33. The van der Waals surface area contributed by atoms with Gasteiger partial charge < -0.3 is 5.73 Å². The number of fused-ring (bicyclic) bond motifs is 1. The van der Waals surface area contributed by atoms with Crippen molar-refractivity contribution in [3.63, 3.8) is 0 Å². The Morgan fingerprint density at radius 2 is 2.00 bits per heavy atom. The maximum Gasteiger partial charge on any atom is 0.0224 e. The topological polar surface area (TPSA) is 32.5 Å². The Bertz CT molecular complexity index is 266. The van der Waals surface area contributed by atoms with Crippen molar-refractivity contribution in [2.45, 2.75) is 57.2 Å². The zero-order chi connectivity index (χ0) is 11.8. The summed E-state index contributed by atoms with van der Waals surface area (Å²) in [5.41, 5.74) is 5.87. The van der Waals surface area contributed by atoms with Crippen LogP contribution in [0.2, 0.25) is 0 Å². The zero-order valence-corrected chi connectivity index (χ0v) is 11.1. The minimum Gasteiger partial charge on any atom is -0.330 e. The van der Waals surface area contributed by atoms with E-state index in [9.17, 15) is 0 Å². The molecule has 0 aromatic heterocycles. The van der Waals surface area contributed by atoms with E-state index in [-0.39, 0.29) is 0 Å². The molecular weight excluding hydrogens is 210 g/mol. The van der Waals surface area contributed by atoms with Gasteiger partial charge in [-0.25, -0.2) is 0 Å². The molecule has 0 aromatic rings. The standard InChI is InChI=1S/C14H27N3/c1-11-9-16-7-3-2-4-13(16)10-17(11)14-6-5-12(14)8-15/h11-14H,2-10,15H2,1H3. The number of nitrogens with two attached hydrogens (primary N) is 1. The van der Waals surface area contributed by atoms with Gasteiger partial charge in [-0.05, 0) is 51.6 Å². The summed E-state index contributed by atoms with van der Waals surface area (Å²) >= 11 is 0. The molecule has 98 valence electrons. The fraction of sp³-hybridized carbons (Fsp3) is 1.00. The van der Waals surface area contributed by atoms with Crippen molar-refractivity contribution in [2.24, 2.45) is 11.7 Å². The fourth-order valence-corrected chi connectivity index (χ4v) is 4.10. The van der Waals surface area contributed by atoms with Crippen molar-refractivity contribution < 1.29 is 0 Å². The van der Waals surface area contributed by atoms with E-state index in [0.717, 1.165) is 30.6 Å². The van der Waals surface area contributed by atoms with Crippen molar-refractivity contribution in [3.8, 4) is 0 Å². The molecule has 2 N–H and O–H groups in total. The summed E-state index contributed by atoms with van der Waals surface area (Å²) in [6, 6.07) is 2.39. The molecule has 4 unspecified atom stereocenters. The minimum atomic E-state index is 0.740. The second kappa shape index (κ2) is 4.87. The zero-order valence-electron chi connectivity index (χ0n) is 11.1. The van der Waals surface area contributed by atoms with E-state index < -0.39 is 0 Å². The Kier molecular flexibility index (Phi) is 3.42. The van der Waals surface area contributed by atoms with Crippen LogP contribution in [0, 0.1) is 5.92 Å². The van der Waals surface area contributed by atoms with Gasteiger partial charge in [0.2, 0.25) is 0 Å². The molecule has 4 atom stereocenters. The largest absolute Gasteiger partial charge is 0.330 e. The van der Waals surface area contributed by atoms with Crippen LogP contribution >= 0.6 is 0 Å². The van der Waals surface area contributed by atoms with Gasteiger partial charge in [-0.15, -0.1) is 0 Å². The van der Waals surface area contributed by atoms with Gasteiger partial charge >= 0.3 is 0 Å². The third-order valence-corrected chi connectivity index (χ3v) is 5.34. The summed E-state index contributed by atoms with van der Waals surface area (Å²) in [6.45, 7) is 7.24. The molecule has 0 spiro atoms. The molecular formula is C14H27N3. The van der Waals surface area contributed by atoms with Gasteiger partial charge in [-0.2, -0.15) is 0 Å². The Labute approximate surface area is 105 Å². The minimum absolute atomic E-state index is 0.740. The van der Waals surface area contributed by atoms with E-state index >= 15 is 0 Å². The molecule has 0 aromatic carbocycles. The highest BCUT2D eigenvalue weighted by molar-refractivity contribution is 4.97. The molecule has 2 heterocycles. The van der Waals surface area contributed by atoms with Gasteiger partial charge in [-0.1, -0.05) is 6.42 Å². The van der Waals surface area contributed by atoms with E-state index in [1.165, 1.54) is 51.7 Å². The number of piperidine rings is 1. The summed E-state index contributed by atoms with van der Waals surface area (Å²) < 4.78 is 0. The van der Waals surface area contributed by atoms with E-state index in [1.807, 2.05) is 0 Å². The Morgan fingerprint density at radius 3 is 2.71 bits per heavy atom. The molecule has 2 aliphatic heterocycles. The summed E-state index contributed by atoms with van der Waals surface area (Å²) in [5.74, 6) is 0.785. The molecule has 0 amide bonds. The molecule has 0 radical (unpaired) electrons. The SMILES string of the molecule is CC1CN2CCCCC2CN1C1CCC1CN. The summed E-state index contributed by atoms with van der Waals surface area (Å²) in [4.78, 5) is 5.52. The van der Waals surface area contributed by atoms with E-state index in [0.29, 0.717) is 0 Å². The lowest BCUT2D eigenvalue weighted by Crippen LogP contribution is -2.64. The van der Waals surface area contributed by atoms with E-state index in [1.54, 1.807) is 0 Å². The van der Waals surface area contributed by atoms with Crippen LogP contribution in [0.15, 0.2) is 0 Å². The molecule has 3 aliphatic rings. The van der Waals surface area contributed by atoms with Crippen LogP contribution in [0.1, 0.15) is 39.0 Å². The van der Waals surface area contributed by atoms with Crippen LogP contribution in [0.25, 0.3) is 0 Å². The quantitative estimate of drug-likeness (QED) is 0.785. The number of nitrogens with zero attached hydrogens (tertiary/aromatic N) is 2. The average Bonchev–Trinajstić information content (AvgIpc) is 2.29. The molecule has 3 heteroatoms. The number of hydrogen-bond acceptors (Lipinski definition) is 3. The van der Waals surface area contributed by atoms with E-state index in [4.69, 9.17) is 5.73 Å². The predicted molar refractivity (Wildman–Crippen MR) is 70.9 cm³/mol. The molecule has 0 bridgehead atoms. The molecule has 3 nitrogen and oxygen atoms in total. The fourth-order valence-electron chi connectivity index (χ4n) is 4.10. The van der Waals surface area contributed by atoms with Gasteiger partial charge in [0.1, 0.15) is 0 Å². The molecule has 1 saturated carbocycles. The van der Waals surface area contributed by atoms with Crippen LogP contribution < -0.4 is 5.73 Å². The molecule has 1 aliphatic carbocycles. The number of piperazine rings is 1. The monoisotopic (exact) mass is 237 g/mol. The third kappa shape index (κ3) is 2.13. The van der Waals surface area contributed by atoms with Crippen molar-refractivity contribution in [3.05, 3.63) is 0 Å². The van der Waals surface area contributed by atoms with Crippen LogP contribution in [0.3, 0.4) is 0 Å². The lowest BCUT2D eigenvalue weighted by molar-refractivity contribution is -0.0470. The molecule has 17 heavy (non-hydrogen) atoms. The first-order valence-electron chi connectivity index (χ1n) is 7.49. The van der Waals surface area contributed by atoms with Crippen LogP contribution in [0.4, 0.5) is 0 Å². The van der Waals surface area contributed by atoms with Crippen LogP contribution in [0.5, 0.6) is 0 Å². The average molecular weight is 237 g/mol. The van der Waals surface area contributed by atoms with Gasteiger partial charge in [0, 0.05) is 31.2 Å². The van der Waals surface area contributed by atoms with E-state index in [2.05, 4.69) is 16.7 Å². The van der Waals surface area contributed by atoms with Crippen molar-refractivity contribution >= 4 is 0 Å². The second-order valence-corrected chi connectivity index (χ2v) is 6.33. The highest BCUT2D eigenvalue weighted by atomic mass is 15.3. The van der Waals surface area contributed by atoms with Crippen LogP contribution in [-0.2, 0) is 0 Å². The Hall–Kier alpha value is -0.120. The van der Waals surface area contributed by atoms with Crippen LogP contribution in [-0.4, -0.2) is 54.1 Å². The normalized spacial score (nSPS) is 44.1. The van der Waals surface area contributed by atoms with Gasteiger partial charge in [0.15, 0.2) is 0 Å². The Balaban J connectivity index is 1.65. The van der Waals surface area contributed by atoms with Crippen molar-refractivity contribution in [1.29, 1.82) is 0 Å². The molecule has 3 rings (SSSR count). The summed E-state index contributed by atoms with van der Waals surface area (Å²) in [5, 5.41) is 0. The molecule has 2 saturated heterocycles. The highest BCUT2D eigenvalue weighted by Crippen LogP contribution is 2.35. The van der Waals surface area contributed by atoms with Gasteiger partial charge in [-0.3, -0.25) is 9.80 Å². The molecule has 3 fully saturated rings. The lowest BCUT2D eigenvalue weighted by Gasteiger charge is -2.54. The number of rotatable bonds is 2. The first-order valence-corrected chi connectivity index (χ1v) is 7.49. The first kappa shape index (κ1) is 11.9. The highest BCUT2D eigenvalue weighted by Gasteiger charge is 2.41. The van der Waals surface area contributed by atoms with Crippen molar-refractivity contribution in [2.75, 3.05) is 26.2 Å². The Morgan fingerprint density at radius 1 is 1.12 bits per heavy atom. The third-order valence-electron chi connectivity index (χ3n) is 5.34. The predicted octanol–water partition coefficient (Wildman–Crippen LogP) is 1.28. The maximum atomic E-state index is 5.87. The smallest absolute Gasteiger partial charge is 0.0224 e. The van der Waals surface area contributed by atoms with Crippen molar-refractivity contribution in [1.82, 2.24) is 9.80 Å². The summed E-state index contributed by atoms with van der Waals surface area (Å²) in [7, 11) is 0. The maximum absolute atomic E-state index is 5.87. The lowest BCUT2D eigenvalue weighted by atomic mass is 9.77. The van der Waals surface area contributed by atoms with Gasteiger partial charge in [0.25, 0.3) is 0 Å². The number of hydrogen-bond donors (Lipinski definition) is 1.